The van der Waals surface area contributed by atoms with Gasteiger partial charge in [0, 0.05) is 5.92 Å². The molecular weight excluding hydrogens is 92.1 g/mol. The molecule has 1 aliphatic rings. The smallest absolute Gasteiger partial charge is 0.183 e. The lowest BCUT2D eigenvalue weighted by Gasteiger charge is -2.02. The second kappa shape index (κ2) is 1.50. The highest BCUT2D eigenvalue weighted by atomic mass is 16.7. The van der Waals surface area contributed by atoms with Crippen LogP contribution in [0.1, 0.15) is 6.92 Å². The van der Waals surface area contributed by atoms with E-state index in [1.807, 2.05) is 6.92 Å². The second-order valence-corrected chi connectivity index (χ2v) is 1.68. The fraction of sp³-hybridized carbons (Fsp3) is 0.750. The van der Waals surface area contributed by atoms with Crippen molar-refractivity contribution in [3.05, 3.63) is 0 Å². The molecule has 1 heterocycles. The number of nitrogens with two attached hydrogens (primary N) is 1. The van der Waals surface area contributed by atoms with Crippen LogP contribution < -0.4 is 5.73 Å². The molecule has 0 amide bonds. The van der Waals surface area contributed by atoms with Crippen LogP contribution in [0.15, 0.2) is 5.16 Å². The van der Waals surface area contributed by atoms with Gasteiger partial charge in [0.05, 0.1) is 6.21 Å². The zero-order chi connectivity index (χ0) is 5.28. The Morgan fingerprint density at radius 2 is 2.57 bits per heavy atom. The van der Waals surface area contributed by atoms with Crippen molar-refractivity contribution in [2.24, 2.45) is 16.8 Å². The lowest BCUT2D eigenvalue weighted by Crippen LogP contribution is -2.25. The molecule has 40 valence electrons. The minimum Gasteiger partial charge on any atom is -0.377 e. The summed E-state index contributed by atoms with van der Waals surface area (Å²) in [5.74, 6) is 0.278. The lowest BCUT2D eigenvalue weighted by molar-refractivity contribution is 0.0708. The summed E-state index contributed by atoms with van der Waals surface area (Å²) >= 11 is 0. The molecule has 0 spiro atoms. The molecule has 1 aliphatic heterocycles. The largest absolute Gasteiger partial charge is 0.377 e. The van der Waals surface area contributed by atoms with Crippen LogP contribution in [0.2, 0.25) is 0 Å². The van der Waals surface area contributed by atoms with Crippen molar-refractivity contribution in [3.8, 4) is 0 Å². The van der Waals surface area contributed by atoms with Gasteiger partial charge in [0.25, 0.3) is 0 Å². The number of rotatable bonds is 0. The van der Waals surface area contributed by atoms with Crippen molar-refractivity contribution in [2.45, 2.75) is 13.2 Å². The molecule has 1 rings (SSSR count). The highest BCUT2D eigenvalue weighted by molar-refractivity contribution is 5.61. The molecule has 2 N–H and O–H groups in total. The molecule has 3 nitrogen and oxygen atoms in total. The lowest BCUT2D eigenvalue weighted by atomic mass is 10.2. The monoisotopic (exact) mass is 100 g/mol. The summed E-state index contributed by atoms with van der Waals surface area (Å²) < 4.78 is 0. The van der Waals surface area contributed by atoms with Crippen molar-refractivity contribution in [1.82, 2.24) is 0 Å². The average molecular weight is 100 g/mol. The van der Waals surface area contributed by atoms with Gasteiger partial charge in [-0.05, 0) is 0 Å². The van der Waals surface area contributed by atoms with Crippen LogP contribution in [0.5, 0.6) is 0 Å². The fourth-order valence-corrected chi connectivity index (χ4v) is 0.382. The molecule has 0 aromatic heterocycles. The van der Waals surface area contributed by atoms with E-state index in [9.17, 15) is 0 Å². The van der Waals surface area contributed by atoms with E-state index in [0.717, 1.165) is 0 Å². The molecule has 0 saturated carbocycles. The Hall–Kier alpha value is -0.570. The summed E-state index contributed by atoms with van der Waals surface area (Å²) in [6, 6.07) is 0. The van der Waals surface area contributed by atoms with Crippen molar-refractivity contribution in [3.63, 3.8) is 0 Å². The van der Waals surface area contributed by atoms with Gasteiger partial charge in [-0.15, -0.1) is 0 Å². The third kappa shape index (κ3) is 0.718. The number of oxime groups is 1. The number of hydrogen-bond donors (Lipinski definition) is 1. The van der Waals surface area contributed by atoms with Gasteiger partial charge in [0.15, 0.2) is 6.23 Å². The van der Waals surface area contributed by atoms with Crippen molar-refractivity contribution in [1.29, 1.82) is 0 Å². The van der Waals surface area contributed by atoms with Gasteiger partial charge in [0.1, 0.15) is 0 Å². The van der Waals surface area contributed by atoms with Gasteiger partial charge in [-0.25, -0.2) is 0 Å². The minimum atomic E-state index is -0.208. The van der Waals surface area contributed by atoms with Gasteiger partial charge in [-0.3, -0.25) is 5.73 Å². The quantitative estimate of drug-likeness (QED) is 0.463. The molecule has 0 bridgehead atoms. The van der Waals surface area contributed by atoms with E-state index in [1.54, 1.807) is 6.21 Å². The summed E-state index contributed by atoms with van der Waals surface area (Å²) in [5, 5.41) is 3.50. The normalized spacial score (nSPS) is 38.6. The van der Waals surface area contributed by atoms with Crippen LogP contribution in [-0.2, 0) is 4.84 Å². The van der Waals surface area contributed by atoms with Crippen LogP contribution in [0.3, 0.4) is 0 Å². The Bertz CT molecular complexity index is 91.7. The zero-order valence-electron chi connectivity index (χ0n) is 4.16. The predicted octanol–water partition coefficient (Wildman–Crippen LogP) is -0.0767. The van der Waals surface area contributed by atoms with E-state index >= 15 is 0 Å². The number of hydrogen-bond acceptors (Lipinski definition) is 3. The summed E-state index contributed by atoms with van der Waals surface area (Å²) in [6.07, 6.45) is 1.49. The summed E-state index contributed by atoms with van der Waals surface area (Å²) in [4.78, 5) is 4.61. The van der Waals surface area contributed by atoms with Crippen LogP contribution in [0.25, 0.3) is 0 Å². The Balaban J connectivity index is 2.45. The molecule has 0 aromatic rings. The summed E-state index contributed by atoms with van der Waals surface area (Å²) in [5.41, 5.74) is 5.33. The van der Waals surface area contributed by atoms with E-state index in [0.29, 0.717) is 0 Å². The summed E-state index contributed by atoms with van der Waals surface area (Å²) in [6.45, 7) is 1.96. The van der Waals surface area contributed by atoms with Crippen LogP contribution >= 0.6 is 0 Å². The molecule has 0 unspecified atom stereocenters. The molecule has 3 heteroatoms. The third-order valence-corrected chi connectivity index (χ3v) is 0.997. The second-order valence-electron chi connectivity index (χ2n) is 1.68. The fourth-order valence-electron chi connectivity index (χ4n) is 0.382. The van der Waals surface area contributed by atoms with Crippen molar-refractivity contribution < 1.29 is 4.84 Å². The summed E-state index contributed by atoms with van der Waals surface area (Å²) in [7, 11) is 0. The highest BCUT2D eigenvalue weighted by Gasteiger charge is 2.15. The minimum absolute atomic E-state index is 0.208. The van der Waals surface area contributed by atoms with Gasteiger partial charge in [-0.1, -0.05) is 12.1 Å². The first-order valence-electron chi connectivity index (χ1n) is 2.25. The molecule has 0 aromatic carbocycles. The van der Waals surface area contributed by atoms with E-state index in [1.165, 1.54) is 0 Å². The van der Waals surface area contributed by atoms with Crippen LogP contribution in [0.4, 0.5) is 0 Å². The maximum atomic E-state index is 5.33. The Kier molecular flexibility index (Phi) is 0.982. The van der Waals surface area contributed by atoms with Crippen molar-refractivity contribution in [2.75, 3.05) is 0 Å². The molecule has 0 aliphatic carbocycles. The number of nitrogens with zero attached hydrogens (tertiary/aromatic N) is 1. The highest BCUT2D eigenvalue weighted by Crippen LogP contribution is 2.05. The maximum Gasteiger partial charge on any atom is 0.183 e. The van der Waals surface area contributed by atoms with E-state index in [4.69, 9.17) is 5.73 Å². The Morgan fingerprint density at radius 3 is 2.71 bits per heavy atom. The molecular formula is C4H8N2O. The first-order chi connectivity index (χ1) is 3.30. The first-order valence-corrected chi connectivity index (χ1v) is 2.25. The van der Waals surface area contributed by atoms with Crippen LogP contribution in [0, 0.1) is 5.92 Å². The predicted molar refractivity (Wildman–Crippen MR) is 26.7 cm³/mol. The van der Waals surface area contributed by atoms with Gasteiger partial charge >= 0.3 is 0 Å². The van der Waals surface area contributed by atoms with Crippen LogP contribution in [-0.4, -0.2) is 12.4 Å². The molecule has 7 heavy (non-hydrogen) atoms. The molecule has 0 saturated heterocycles. The average Bonchev–Trinajstić information content (AvgIpc) is 1.91. The Labute approximate surface area is 42.1 Å². The van der Waals surface area contributed by atoms with Gasteiger partial charge < -0.3 is 4.84 Å². The topological polar surface area (TPSA) is 47.6 Å². The van der Waals surface area contributed by atoms with Gasteiger partial charge in [-0.2, -0.15) is 0 Å². The maximum absolute atomic E-state index is 5.33. The zero-order valence-corrected chi connectivity index (χ0v) is 4.16. The molecule has 0 fully saturated rings. The van der Waals surface area contributed by atoms with Crippen molar-refractivity contribution >= 4 is 6.21 Å². The van der Waals surface area contributed by atoms with E-state index < -0.39 is 0 Å². The third-order valence-electron chi connectivity index (χ3n) is 0.997. The SMILES string of the molecule is C[C@@H]1C=NO[C@H]1N. The molecule has 2 atom stereocenters. The van der Waals surface area contributed by atoms with E-state index in [-0.39, 0.29) is 12.1 Å². The standard InChI is InChI=1S/C4H8N2O/c1-3-2-6-7-4(3)5/h2-4H,5H2,1H3/t3-,4-/m1/s1. The first kappa shape index (κ1) is 4.59. The van der Waals surface area contributed by atoms with E-state index in [2.05, 4.69) is 9.99 Å². The molecule has 0 radical (unpaired) electrons. The Morgan fingerprint density at radius 1 is 1.86 bits per heavy atom. The van der Waals surface area contributed by atoms with Gasteiger partial charge in [0.2, 0.25) is 0 Å².